The van der Waals surface area contributed by atoms with E-state index in [0.29, 0.717) is 6.42 Å². The first kappa shape index (κ1) is 32.2. The highest BCUT2D eigenvalue weighted by molar-refractivity contribution is 7.86. The smallest absolute Gasteiger partial charge is 0.309 e. The molecule has 0 saturated heterocycles. The van der Waals surface area contributed by atoms with E-state index in [4.69, 9.17) is 13.7 Å². The number of ether oxygens (including phenoxy) is 2. The molecule has 0 N–H and O–H groups in total. The maximum Gasteiger partial charge on any atom is 0.309 e. The Balaban J connectivity index is 2.76. The largest absolute Gasteiger partial charge is 0.750 e. The third kappa shape index (κ3) is 11.0. The summed E-state index contributed by atoms with van der Waals surface area (Å²) in [7, 11) is -4.02. The van der Waals surface area contributed by atoms with Crippen LogP contribution in [0.2, 0.25) is 0 Å². The Labute approximate surface area is 216 Å². The van der Waals surface area contributed by atoms with Gasteiger partial charge >= 0.3 is 11.9 Å². The van der Waals surface area contributed by atoms with Crippen molar-refractivity contribution >= 4 is 33.4 Å². The van der Waals surface area contributed by atoms with E-state index in [1.54, 1.807) is 19.1 Å². The molecule has 0 bridgehead atoms. The van der Waals surface area contributed by atoms with Crippen molar-refractivity contribution in [2.24, 2.45) is 17.3 Å². The van der Waals surface area contributed by atoms with Crippen molar-refractivity contribution in [3.63, 3.8) is 0 Å². The molecule has 36 heavy (non-hydrogen) atoms. The van der Waals surface area contributed by atoms with Crippen molar-refractivity contribution in [2.45, 2.75) is 78.4 Å². The van der Waals surface area contributed by atoms with E-state index >= 15 is 0 Å². The van der Waals surface area contributed by atoms with Gasteiger partial charge in [-0.2, -0.15) is 8.42 Å². The minimum absolute atomic E-state index is 0.00497. The first-order chi connectivity index (χ1) is 16.6. The molecule has 10 nitrogen and oxygen atoms in total. The van der Waals surface area contributed by atoms with Gasteiger partial charge in [0.15, 0.2) is 0 Å². The molecular formula is C24H37O10S2-. The highest BCUT2D eigenvalue weighted by Gasteiger charge is 2.37. The van der Waals surface area contributed by atoms with Gasteiger partial charge in [-0.25, -0.2) is 4.21 Å². The van der Waals surface area contributed by atoms with Crippen LogP contribution in [0.3, 0.4) is 0 Å². The summed E-state index contributed by atoms with van der Waals surface area (Å²) in [6.07, 6.45) is -1.21. The van der Waals surface area contributed by atoms with Gasteiger partial charge in [0, 0.05) is 0 Å². The standard InChI is InChI=1S/C24H38O10S2/c1-8-19(13-21(24(5,6)7)23(26)33-17(3)15-32-35(27)28)22(25)31-14-18(4)34-36(29,30)20-11-9-16(2)10-12-20/h9-12,17-19,21H,8,13-15H2,1-7H3,(H,27,28)/p-1. The molecule has 0 aliphatic rings. The van der Waals surface area contributed by atoms with Crippen LogP contribution in [-0.2, 0) is 48.9 Å². The van der Waals surface area contributed by atoms with Crippen molar-refractivity contribution in [3.05, 3.63) is 29.8 Å². The number of carbonyl (C=O) groups excluding carboxylic acids is 2. The van der Waals surface area contributed by atoms with E-state index in [0.717, 1.165) is 5.56 Å². The summed E-state index contributed by atoms with van der Waals surface area (Å²) in [6, 6.07) is 6.19. The van der Waals surface area contributed by atoms with Gasteiger partial charge in [-0.3, -0.25) is 18.0 Å². The summed E-state index contributed by atoms with van der Waals surface area (Å²) in [5.41, 5.74) is 0.339. The zero-order valence-electron chi connectivity index (χ0n) is 21.8. The Hall–Kier alpha value is -1.86. The zero-order valence-corrected chi connectivity index (χ0v) is 23.5. The second kappa shape index (κ2) is 14.2. The first-order valence-electron chi connectivity index (χ1n) is 11.7. The number of esters is 2. The molecule has 5 unspecified atom stereocenters. The number of hydrogen-bond donors (Lipinski definition) is 0. The summed E-state index contributed by atoms with van der Waals surface area (Å²) in [4.78, 5) is 25.6. The van der Waals surface area contributed by atoms with Crippen molar-refractivity contribution in [1.29, 1.82) is 0 Å². The van der Waals surface area contributed by atoms with E-state index in [2.05, 4.69) is 4.18 Å². The molecule has 1 aromatic rings. The number of aryl methyl sites for hydroxylation is 1. The van der Waals surface area contributed by atoms with Gasteiger partial charge in [0.1, 0.15) is 18.8 Å². The molecule has 0 aromatic heterocycles. The topological polar surface area (TPSA) is 145 Å². The normalized spacial score (nSPS) is 16.4. The molecule has 0 saturated carbocycles. The summed E-state index contributed by atoms with van der Waals surface area (Å²) in [5.74, 6) is -2.50. The van der Waals surface area contributed by atoms with Gasteiger partial charge in [-0.1, -0.05) is 45.4 Å². The van der Waals surface area contributed by atoms with Gasteiger partial charge in [0.05, 0.1) is 34.7 Å². The maximum atomic E-state index is 12.8. The summed E-state index contributed by atoms with van der Waals surface area (Å²) >= 11 is -2.72. The van der Waals surface area contributed by atoms with Crippen molar-refractivity contribution in [1.82, 2.24) is 0 Å². The Morgan fingerprint density at radius 2 is 1.61 bits per heavy atom. The lowest BCUT2D eigenvalue weighted by atomic mass is 9.75. The predicted molar refractivity (Wildman–Crippen MR) is 132 cm³/mol. The molecule has 5 atom stereocenters. The Bertz CT molecular complexity index is 983. The predicted octanol–water partition coefficient (Wildman–Crippen LogP) is 3.45. The molecule has 0 radical (unpaired) electrons. The summed E-state index contributed by atoms with van der Waals surface area (Å²) < 4.78 is 66.2. The molecule has 12 heteroatoms. The zero-order chi connectivity index (χ0) is 27.7. The lowest BCUT2D eigenvalue weighted by Crippen LogP contribution is -2.36. The fourth-order valence-corrected chi connectivity index (χ4v) is 4.68. The second-order valence-electron chi connectivity index (χ2n) is 9.80. The SMILES string of the molecule is CCC(CC(C(=O)OC(C)COS(=O)[O-])C(C)(C)C)C(=O)OCC(C)OS(=O)(=O)c1ccc(C)cc1. The highest BCUT2D eigenvalue weighted by atomic mass is 32.2. The van der Waals surface area contributed by atoms with E-state index in [9.17, 15) is 26.8 Å². The molecule has 0 aliphatic heterocycles. The Kier molecular flexibility index (Phi) is 12.7. The minimum atomic E-state index is -4.02. The van der Waals surface area contributed by atoms with E-state index in [1.807, 2.05) is 27.7 Å². The van der Waals surface area contributed by atoms with Gasteiger partial charge in [0.2, 0.25) is 0 Å². The van der Waals surface area contributed by atoms with Crippen LogP contribution in [0.15, 0.2) is 29.2 Å². The number of rotatable bonds is 14. The number of benzene rings is 1. The fourth-order valence-electron chi connectivity index (χ4n) is 3.31. The molecule has 0 fully saturated rings. The molecule has 1 rings (SSSR count). The van der Waals surface area contributed by atoms with Crippen molar-refractivity contribution in [3.8, 4) is 0 Å². The van der Waals surface area contributed by atoms with E-state index in [-0.39, 0.29) is 24.5 Å². The van der Waals surface area contributed by atoms with Crippen LogP contribution in [0, 0.1) is 24.2 Å². The summed E-state index contributed by atoms with van der Waals surface area (Å²) in [6.45, 7) is 11.5. The van der Waals surface area contributed by atoms with Crippen LogP contribution < -0.4 is 0 Å². The average molecular weight is 550 g/mol. The summed E-state index contributed by atoms with van der Waals surface area (Å²) in [5, 5.41) is 0. The van der Waals surface area contributed by atoms with Gasteiger partial charge in [-0.15, -0.1) is 0 Å². The quantitative estimate of drug-likeness (QED) is 0.192. The van der Waals surface area contributed by atoms with Gasteiger partial charge in [0.25, 0.3) is 10.1 Å². The third-order valence-electron chi connectivity index (χ3n) is 5.45. The molecule has 0 aliphatic carbocycles. The van der Waals surface area contributed by atoms with Crippen LogP contribution in [0.25, 0.3) is 0 Å². The second-order valence-corrected chi connectivity index (χ2v) is 12.0. The van der Waals surface area contributed by atoms with Crippen LogP contribution in [0.1, 0.15) is 59.9 Å². The molecule has 206 valence electrons. The first-order valence-corrected chi connectivity index (χ1v) is 14.1. The van der Waals surface area contributed by atoms with Crippen LogP contribution in [0.5, 0.6) is 0 Å². The van der Waals surface area contributed by atoms with E-state index < -0.39 is 62.9 Å². The number of hydrogen-bond acceptors (Lipinski definition) is 10. The molecular weight excluding hydrogens is 512 g/mol. The molecule has 1 aromatic carbocycles. The molecule has 0 amide bonds. The Morgan fingerprint density at radius 1 is 1.03 bits per heavy atom. The Morgan fingerprint density at radius 3 is 2.11 bits per heavy atom. The molecule has 0 spiro atoms. The number of carbonyl (C=O) groups is 2. The van der Waals surface area contributed by atoms with Crippen molar-refractivity contribution in [2.75, 3.05) is 13.2 Å². The minimum Gasteiger partial charge on any atom is -0.750 e. The van der Waals surface area contributed by atoms with E-state index in [1.165, 1.54) is 26.0 Å². The molecule has 0 heterocycles. The van der Waals surface area contributed by atoms with Gasteiger partial charge in [-0.05, 0) is 51.2 Å². The fraction of sp³-hybridized carbons (Fsp3) is 0.667. The third-order valence-corrected chi connectivity index (χ3v) is 7.21. The highest BCUT2D eigenvalue weighted by Crippen LogP contribution is 2.34. The maximum absolute atomic E-state index is 12.8. The van der Waals surface area contributed by atoms with Crippen LogP contribution in [0.4, 0.5) is 0 Å². The lowest BCUT2D eigenvalue weighted by Gasteiger charge is -2.32. The van der Waals surface area contributed by atoms with Crippen molar-refractivity contribution < 1.29 is 44.6 Å². The monoisotopic (exact) mass is 549 g/mol. The van der Waals surface area contributed by atoms with Gasteiger partial charge < -0.3 is 14.0 Å². The van der Waals surface area contributed by atoms with Crippen LogP contribution in [-0.4, -0.2) is 54.5 Å². The lowest BCUT2D eigenvalue weighted by molar-refractivity contribution is -0.161. The average Bonchev–Trinajstić information content (AvgIpc) is 2.75. The van der Waals surface area contributed by atoms with Crippen LogP contribution >= 0.6 is 0 Å².